The average molecular weight is 444 g/mol. The summed E-state index contributed by atoms with van der Waals surface area (Å²) < 4.78 is 6.93. The van der Waals surface area contributed by atoms with Gasteiger partial charge in [-0.2, -0.15) is 0 Å². The highest BCUT2D eigenvalue weighted by molar-refractivity contribution is 9.10. The summed E-state index contributed by atoms with van der Waals surface area (Å²) in [5, 5.41) is 0. The maximum Gasteiger partial charge on any atom is 0.119 e. The molecule has 0 fully saturated rings. The van der Waals surface area contributed by atoms with Gasteiger partial charge in [-0.3, -0.25) is 4.99 Å². The third-order valence-corrected chi connectivity index (χ3v) is 5.36. The second kappa shape index (κ2) is 14.4. The lowest BCUT2D eigenvalue weighted by Gasteiger charge is -2.06. The van der Waals surface area contributed by atoms with Gasteiger partial charge in [-0.25, -0.2) is 0 Å². The van der Waals surface area contributed by atoms with Crippen molar-refractivity contribution in [3.63, 3.8) is 0 Å². The first kappa shape index (κ1) is 22.7. The van der Waals surface area contributed by atoms with Crippen LogP contribution in [0.1, 0.15) is 76.7 Å². The van der Waals surface area contributed by atoms with Crippen molar-refractivity contribution in [1.82, 2.24) is 0 Å². The molecule has 3 heteroatoms. The molecule has 0 spiro atoms. The number of nitrogens with zero attached hydrogens (tertiary/aromatic N) is 1. The van der Waals surface area contributed by atoms with E-state index in [-0.39, 0.29) is 0 Å². The van der Waals surface area contributed by atoms with Crippen LogP contribution in [0.5, 0.6) is 5.75 Å². The van der Waals surface area contributed by atoms with Gasteiger partial charge in [-0.1, -0.05) is 92.8 Å². The van der Waals surface area contributed by atoms with E-state index in [1.807, 2.05) is 54.7 Å². The molecule has 0 N–H and O–H groups in total. The Labute approximate surface area is 179 Å². The highest BCUT2D eigenvalue weighted by atomic mass is 79.9. The summed E-state index contributed by atoms with van der Waals surface area (Å²) in [6.07, 6.45) is 15.4. The minimum absolute atomic E-state index is 0.804. The second-order valence-electron chi connectivity index (χ2n) is 7.33. The quantitative estimate of drug-likeness (QED) is 0.211. The molecule has 2 nitrogen and oxygen atoms in total. The molecule has 0 atom stereocenters. The summed E-state index contributed by atoms with van der Waals surface area (Å²) in [6, 6.07) is 16.1. The zero-order valence-corrected chi connectivity index (χ0v) is 18.8. The molecular formula is C25H34BrNO. The molecule has 0 unspecified atom stereocenters. The van der Waals surface area contributed by atoms with Crippen molar-refractivity contribution in [3.8, 4) is 5.75 Å². The van der Waals surface area contributed by atoms with Gasteiger partial charge >= 0.3 is 0 Å². The van der Waals surface area contributed by atoms with E-state index >= 15 is 0 Å². The molecular weight excluding hydrogens is 410 g/mol. The summed E-state index contributed by atoms with van der Waals surface area (Å²) in [4.78, 5) is 4.51. The molecule has 0 saturated carbocycles. The van der Waals surface area contributed by atoms with E-state index < -0.39 is 0 Å². The summed E-state index contributed by atoms with van der Waals surface area (Å²) in [5.41, 5.74) is 2.03. The third-order valence-electron chi connectivity index (χ3n) is 4.84. The molecule has 0 saturated heterocycles. The van der Waals surface area contributed by atoms with Crippen LogP contribution in [0.25, 0.3) is 0 Å². The van der Waals surface area contributed by atoms with Gasteiger partial charge in [0.25, 0.3) is 0 Å². The van der Waals surface area contributed by atoms with Gasteiger partial charge in [0.15, 0.2) is 0 Å². The van der Waals surface area contributed by atoms with Crippen LogP contribution < -0.4 is 4.74 Å². The molecule has 0 aliphatic carbocycles. The highest BCUT2D eigenvalue weighted by Crippen LogP contribution is 2.19. The van der Waals surface area contributed by atoms with E-state index in [1.165, 1.54) is 57.8 Å². The van der Waals surface area contributed by atoms with Gasteiger partial charge < -0.3 is 4.74 Å². The van der Waals surface area contributed by atoms with E-state index in [1.54, 1.807) is 0 Å². The maximum atomic E-state index is 5.85. The summed E-state index contributed by atoms with van der Waals surface area (Å²) in [6.45, 7) is 3.08. The van der Waals surface area contributed by atoms with Crippen LogP contribution in [0.4, 0.5) is 5.69 Å². The first-order chi connectivity index (χ1) is 13.8. The zero-order valence-electron chi connectivity index (χ0n) is 17.2. The molecule has 0 amide bonds. The predicted octanol–water partition coefficient (Wildman–Crippen LogP) is 8.50. The maximum absolute atomic E-state index is 5.85. The number of unbranched alkanes of at least 4 members (excludes halogenated alkanes) is 9. The standard InChI is InChI=1S/C25H34BrNO/c1-2-3-4-5-6-7-8-9-10-11-20-28-25-18-16-24(17-19-25)27-21-22-12-14-23(26)15-13-22/h12-19,21H,2-11,20H2,1H3. The lowest BCUT2D eigenvalue weighted by molar-refractivity contribution is 0.304. The van der Waals surface area contributed by atoms with E-state index in [4.69, 9.17) is 4.74 Å². The number of ether oxygens (including phenoxy) is 1. The fraction of sp³-hybridized carbons (Fsp3) is 0.480. The average Bonchev–Trinajstić information content (AvgIpc) is 2.72. The normalized spacial score (nSPS) is 11.2. The van der Waals surface area contributed by atoms with Crippen LogP contribution in [0.15, 0.2) is 58.0 Å². The van der Waals surface area contributed by atoms with Crippen molar-refractivity contribution in [2.75, 3.05) is 6.61 Å². The fourth-order valence-electron chi connectivity index (χ4n) is 3.11. The molecule has 0 bridgehead atoms. The van der Waals surface area contributed by atoms with Crippen LogP contribution in [-0.4, -0.2) is 12.8 Å². The highest BCUT2D eigenvalue weighted by Gasteiger charge is 1.96. The topological polar surface area (TPSA) is 21.6 Å². The number of hydrogen-bond donors (Lipinski definition) is 0. The van der Waals surface area contributed by atoms with Gasteiger partial charge in [-0.05, 0) is 48.4 Å². The predicted molar refractivity (Wildman–Crippen MR) is 125 cm³/mol. The minimum Gasteiger partial charge on any atom is -0.494 e. The first-order valence-electron chi connectivity index (χ1n) is 10.8. The Bertz CT molecular complexity index is 664. The van der Waals surface area contributed by atoms with Crippen LogP contribution in [-0.2, 0) is 0 Å². The number of halogens is 1. The molecule has 2 aromatic carbocycles. The van der Waals surface area contributed by atoms with Crippen LogP contribution >= 0.6 is 15.9 Å². The van der Waals surface area contributed by atoms with Crippen LogP contribution in [0.2, 0.25) is 0 Å². The molecule has 0 aliphatic rings. The lowest BCUT2D eigenvalue weighted by atomic mass is 10.1. The smallest absolute Gasteiger partial charge is 0.119 e. The molecule has 0 heterocycles. The van der Waals surface area contributed by atoms with Gasteiger partial charge in [0.1, 0.15) is 5.75 Å². The Morgan fingerprint density at radius 2 is 1.32 bits per heavy atom. The Kier molecular flexibility index (Phi) is 11.7. The minimum atomic E-state index is 0.804. The molecule has 0 aromatic heterocycles. The second-order valence-corrected chi connectivity index (χ2v) is 8.25. The SMILES string of the molecule is CCCCCCCCCCCCOc1ccc(N=Cc2ccc(Br)cc2)cc1. The van der Waals surface area contributed by atoms with Crippen molar-refractivity contribution in [1.29, 1.82) is 0 Å². The van der Waals surface area contributed by atoms with Crippen LogP contribution in [0, 0.1) is 0 Å². The third kappa shape index (κ3) is 10.1. The van der Waals surface area contributed by atoms with E-state index in [2.05, 4.69) is 27.8 Å². The molecule has 0 radical (unpaired) electrons. The van der Waals surface area contributed by atoms with E-state index in [0.29, 0.717) is 0 Å². The van der Waals surface area contributed by atoms with Crippen molar-refractivity contribution in [2.24, 2.45) is 4.99 Å². The van der Waals surface area contributed by atoms with Gasteiger partial charge in [0, 0.05) is 10.7 Å². The molecule has 2 rings (SSSR count). The first-order valence-corrected chi connectivity index (χ1v) is 11.6. The van der Waals surface area contributed by atoms with Crippen molar-refractivity contribution < 1.29 is 4.74 Å². The van der Waals surface area contributed by atoms with E-state index in [9.17, 15) is 0 Å². The monoisotopic (exact) mass is 443 g/mol. The number of aliphatic imine (C=N–C) groups is 1. The van der Waals surface area contributed by atoms with Gasteiger partial charge in [0.05, 0.1) is 12.3 Å². The molecule has 2 aromatic rings. The Hall–Kier alpha value is -1.61. The number of hydrogen-bond acceptors (Lipinski definition) is 2. The fourth-order valence-corrected chi connectivity index (χ4v) is 3.37. The summed E-state index contributed by atoms with van der Waals surface area (Å²) >= 11 is 3.44. The molecule has 28 heavy (non-hydrogen) atoms. The Morgan fingerprint density at radius 3 is 1.93 bits per heavy atom. The summed E-state index contributed by atoms with van der Waals surface area (Å²) in [5.74, 6) is 0.929. The zero-order chi connectivity index (χ0) is 19.9. The molecule has 0 aliphatic heterocycles. The van der Waals surface area contributed by atoms with Crippen molar-refractivity contribution in [2.45, 2.75) is 71.1 Å². The lowest BCUT2D eigenvalue weighted by Crippen LogP contribution is -1.97. The van der Waals surface area contributed by atoms with Gasteiger partial charge in [-0.15, -0.1) is 0 Å². The summed E-state index contributed by atoms with van der Waals surface area (Å²) in [7, 11) is 0. The number of rotatable bonds is 14. The van der Waals surface area contributed by atoms with Crippen molar-refractivity contribution in [3.05, 3.63) is 58.6 Å². The van der Waals surface area contributed by atoms with Crippen molar-refractivity contribution >= 4 is 27.8 Å². The van der Waals surface area contributed by atoms with Gasteiger partial charge in [0.2, 0.25) is 0 Å². The Morgan fingerprint density at radius 1 is 0.750 bits per heavy atom. The van der Waals surface area contributed by atoms with E-state index in [0.717, 1.165) is 34.5 Å². The van der Waals surface area contributed by atoms with Crippen LogP contribution in [0.3, 0.4) is 0 Å². The number of benzene rings is 2. The molecule has 152 valence electrons. The largest absolute Gasteiger partial charge is 0.494 e. The Balaban J connectivity index is 1.54.